The van der Waals surface area contributed by atoms with Crippen LogP contribution in [-0.2, 0) is 28.7 Å². The lowest BCUT2D eigenvalue weighted by molar-refractivity contribution is -0.141. The number of carboxylic acids is 1. The predicted molar refractivity (Wildman–Crippen MR) is 78.3 cm³/mol. The van der Waals surface area contributed by atoms with Crippen LogP contribution in [0.2, 0.25) is 0 Å². The summed E-state index contributed by atoms with van der Waals surface area (Å²) in [5.74, 6) is -3.36. The molecule has 0 bridgehead atoms. The fourth-order valence-electron chi connectivity index (χ4n) is 1.46. The Bertz CT molecular complexity index is 428. The lowest BCUT2D eigenvalue weighted by Gasteiger charge is -2.18. The summed E-state index contributed by atoms with van der Waals surface area (Å²) in [4.78, 5) is 45.3. The van der Waals surface area contributed by atoms with E-state index in [2.05, 4.69) is 10.6 Å². The molecule has 0 aromatic carbocycles. The van der Waals surface area contributed by atoms with Crippen LogP contribution < -0.4 is 16.4 Å². The van der Waals surface area contributed by atoms with E-state index in [-0.39, 0.29) is 13.0 Å². The highest BCUT2D eigenvalue weighted by atomic mass is 16.5. The van der Waals surface area contributed by atoms with Crippen molar-refractivity contribution in [3.63, 3.8) is 0 Å². The number of aliphatic carboxylic acids is 1. The summed E-state index contributed by atoms with van der Waals surface area (Å²) in [6.45, 7) is 2.09. The van der Waals surface area contributed by atoms with Gasteiger partial charge >= 0.3 is 5.97 Å². The Balaban J connectivity index is 4.42. The van der Waals surface area contributed by atoms with Gasteiger partial charge in [0, 0.05) is 13.5 Å². The van der Waals surface area contributed by atoms with Crippen LogP contribution in [0.3, 0.4) is 0 Å². The first-order chi connectivity index (χ1) is 10.8. The van der Waals surface area contributed by atoms with E-state index in [1.165, 1.54) is 14.0 Å². The maximum atomic E-state index is 11.9. The zero-order chi connectivity index (χ0) is 17.8. The second-order valence-electron chi connectivity index (χ2n) is 4.71. The van der Waals surface area contributed by atoms with Crippen LogP contribution in [0.5, 0.6) is 0 Å². The van der Waals surface area contributed by atoms with Gasteiger partial charge in [-0.1, -0.05) is 0 Å². The topological polar surface area (TPSA) is 157 Å². The molecular weight excluding hydrogens is 310 g/mol. The summed E-state index contributed by atoms with van der Waals surface area (Å²) < 4.78 is 9.88. The molecular formula is C13H23N3O7. The summed E-state index contributed by atoms with van der Waals surface area (Å²) in [5, 5.41) is 13.2. The minimum atomic E-state index is -1.24. The number of nitrogens with two attached hydrogens (primary N) is 1. The lowest BCUT2D eigenvalue weighted by atomic mass is 10.1. The average Bonchev–Trinajstić information content (AvgIpc) is 2.45. The fourth-order valence-corrected chi connectivity index (χ4v) is 1.46. The van der Waals surface area contributed by atoms with Crippen molar-refractivity contribution in [2.75, 3.05) is 26.9 Å². The highest BCUT2D eigenvalue weighted by Crippen LogP contribution is 1.96. The van der Waals surface area contributed by atoms with Crippen molar-refractivity contribution < 1.29 is 33.8 Å². The van der Waals surface area contributed by atoms with Crippen LogP contribution in [0.4, 0.5) is 0 Å². The monoisotopic (exact) mass is 333 g/mol. The van der Waals surface area contributed by atoms with E-state index >= 15 is 0 Å². The number of carbonyl (C=O) groups excluding carboxylic acids is 3. The summed E-state index contributed by atoms with van der Waals surface area (Å²) in [6, 6.07) is -2.40. The van der Waals surface area contributed by atoms with Crippen molar-refractivity contribution in [3.8, 4) is 0 Å². The number of nitrogens with one attached hydrogen (secondary N) is 2. The summed E-state index contributed by atoms with van der Waals surface area (Å²) in [5.41, 5.74) is 5.03. The molecule has 0 fully saturated rings. The molecule has 0 rings (SSSR count). The summed E-state index contributed by atoms with van der Waals surface area (Å²) in [6.07, 6.45) is -0.463. The van der Waals surface area contributed by atoms with Gasteiger partial charge in [0.15, 0.2) is 0 Å². The molecule has 0 spiro atoms. The Labute approximate surface area is 133 Å². The number of primary amides is 1. The molecule has 10 nitrogen and oxygen atoms in total. The minimum Gasteiger partial charge on any atom is -0.480 e. The van der Waals surface area contributed by atoms with Gasteiger partial charge < -0.3 is 30.9 Å². The molecule has 0 aliphatic rings. The van der Waals surface area contributed by atoms with Crippen molar-refractivity contribution in [2.24, 2.45) is 5.73 Å². The molecule has 5 N–H and O–H groups in total. The van der Waals surface area contributed by atoms with Crippen molar-refractivity contribution in [1.29, 1.82) is 0 Å². The number of carboxylic acid groups (broad SMARTS) is 1. The number of amides is 3. The second kappa shape index (κ2) is 11.4. The molecule has 2 atom stereocenters. The van der Waals surface area contributed by atoms with E-state index in [4.69, 9.17) is 20.3 Å². The lowest BCUT2D eigenvalue weighted by Crippen LogP contribution is -2.52. The van der Waals surface area contributed by atoms with Gasteiger partial charge in [-0.25, -0.2) is 0 Å². The van der Waals surface area contributed by atoms with E-state index in [0.29, 0.717) is 13.2 Å². The van der Waals surface area contributed by atoms with Crippen LogP contribution in [0.15, 0.2) is 0 Å². The van der Waals surface area contributed by atoms with Crippen LogP contribution in [0.1, 0.15) is 19.8 Å². The smallest absolute Gasteiger partial charge is 0.325 e. The highest BCUT2D eigenvalue weighted by molar-refractivity contribution is 5.93. The Morgan fingerprint density at radius 2 is 1.78 bits per heavy atom. The van der Waals surface area contributed by atoms with Gasteiger partial charge in [-0.05, 0) is 6.92 Å². The van der Waals surface area contributed by atoms with Crippen LogP contribution in [0, 0.1) is 0 Å². The number of hydrogen-bond acceptors (Lipinski definition) is 6. The van der Waals surface area contributed by atoms with Gasteiger partial charge in [-0.2, -0.15) is 0 Å². The number of carbonyl (C=O) groups is 4. The Kier molecular flexibility index (Phi) is 10.3. The third-order valence-corrected chi connectivity index (χ3v) is 2.69. The summed E-state index contributed by atoms with van der Waals surface area (Å²) >= 11 is 0. The number of methoxy groups -OCH3 is 1. The second-order valence-corrected chi connectivity index (χ2v) is 4.71. The van der Waals surface area contributed by atoms with Crippen molar-refractivity contribution in [3.05, 3.63) is 0 Å². The number of ether oxygens (including phenoxy) is 2. The van der Waals surface area contributed by atoms with E-state index in [1.54, 1.807) is 0 Å². The molecule has 23 heavy (non-hydrogen) atoms. The standard InChI is InChI=1S/C13H23N3O7/c1-8(13(20)21)15-12(19)9(7-10(14)17)16-11(18)3-4-23-6-5-22-2/h8-9H,3-7H2,1-2H3,(H2,14,17)(H,15,19)(H,16,18)(H,20,21). The van der Waals surface area contributed by atoms with E-state index in [9.17, 15) is 19.2 Å². The molecule has 0 radical (unpaired) electrons. The van der Waals surface area contributed by atoms with Crippen LogP contribution >= 0.6 is 0 Å². The normalized spacial score (nSPS) is 13.0. The first-order valence-electron chi connectivity index (χ1n) is 6.95. The molecule has 0 aromatic heterocycles. The molecule has 0 saturated carbocycles. The highest BCUT2D eigenvalue weighted by Gasteiger charge is 2.25. The van der Waals surface area contributed by atoms with Gasteiger partial charge in [0.05, 0.1) is 26.2 Å². The Hall–Kier alpha value is -2.20. The summed E-state index contributed by atoms with van der Waals surface area (Å²) in [7, 11) is 1.52. The van der Waals surface area contributed by atoms with Gasteiger partial charge in [0.2, 0.25) is 17.7 Å². The molecule has 0 aliphatic heterocycles. The minimum absolute atomic E-state index is 0.0270. The SMILES string of the molecule is COCCOCCC(=O)NC(CC(N)=O)C(=O)NC(C)C(=O)O. The van der Waals surface area contributed by atoms with Crippen LogP contribution in [0.25, 0.3) is 0 Å². The largest absolute Gasteiger partial charge is 0.480 e. The molecule has 0 aromatic rings. The maximum Gasteiger partial charge on any atom is 0.325 e. The van der Waals surface area contributed by atoms with Crippen molar-refractivity contribution in [1.82, 2.24) is 10.6 Å². The first-order valence-corrected chi connectivity index (χ1v) is 6.95. The quantitative estimate of drug-likeness (QED) is 0.300. The zero-order valence-corrected chi connectivity index (χ0v) is 13.2. The Morgan fingerprint density at radius 1 is 1.13 bits per heavy atom. The maximum absolute atomic E-state index is 11.9. The molecule has 0 saturated heterocycles. The molecule has 0 heterocycles. The van der Waals surface area contributed by atoms with Crippen LogP contribution in [-0.4, -0.2) is 67.8 Å². The van der Waals surface area contributed by atoms with Gasteiger partial charge in [0.1, 0.15) is 12.1 Å². The molecule has 3 amide bonds. The third kappa shape index (κ3) is 10.2. The number of hydrogen-bond donors (Lipinski definition) is 4. The van der Waals surface area contributed by atoms with E-state index in [0.717, 1.165) is 0 Å². The van der Waals surface area contributed by atoms with Crippen molar-refractivity contribution in [2.45, 2.75) is 31.8 Å². The molecule has 2 unspecified atom stereocenters. The average molecular weight is 333 g/mol. The first kappa shape index (κ1) is 20.8. The van der Waals surface area contributed by atoms with E-state index in [1.807, 2.05) is 0 Å². The zero-order valence-electron chi connectivity index (χ0n) is 13.2. The molecule has 10 heteroatoms. The fraction of sp³-hybridized carbons (Fsp3) is 0.692. The van der Waals surface area contributed by atoms with Gasteiger partial charge in [-0.15, -0.1) is 0 Å². The predicted octanol–water partition coefficient (Wildman–Crippen LogP) is -2.01. The molecule has 132 valence electrons. The van der Waals surface area contributed by atoms with E-state index < -0.39 is 42.2 Å². The Morgan fingerprint density at radius 3 is 2.30 bits per heavy atom. The number of rotatable bonds is 12. The van der Waals surface area contributed by atoms with Gasteiger partial charge in [0.25, 0.3) is 0 Å². The molecule has 0 aliphatic carbocycles. The third-order valence-electron chi connectivity index (χ3n) is 2.69. The van der Waals surface area contributed by atoms with Gasteiger partial charge in [-0.3, -0.25) is 19.2 Å². The van der Waals surface area contributed by atoms with Crippen molar-refractivity contribution >= 4 is 23.7 Å².